The zero-order chi connectivity index (χ0) is 12.6. The van der Waals surface area contributed by atoms with Crippen molar-refractivity contribution in [1.29, 1.82) is 0 Å². The van der Waals surface area contributed by atoms with Crippen molar-refractivity contribution >= 4 is 11.8 Å². The second-order valence-corrected chi connectivity index (χ2v) is 5.55. The molecule has 5 heteroatoms. The second-order valence-electron chi connectivity index (χ2n) is 5.55. The van der Waals surface area contributed by atoms with Gasteiger partial charge in [-0.1, -0.05) is 13.8 Å². The molecule has 5 nitrogen and oxygen atoms in total. The Morgan fingerprint density at radius 2 is 1.75 bits per heavy atom. The number of aliphatic hydroxyl groups excluding tert-OH is 1. The molecule has 2 amide bonds. The summed E-state index contributed by atoms with van der Waals surface area (Å²) >= 11 is 0. The number of likely N-dealkylation sites (tertiary alicyclic amines) is 1. The highest BCUT2D eigenvalue weighted by molar-refractivity contribution is 5.98. The lowest BCUT2D eigenvalue weighted by atomic mass is 9.81. The third kappa shape index (κ3) is 3.02. The average Bonchev–Trinajstić information content (AvgIpc) is 2.10. The Labute approximate surface area is 95.1 Å². The first-order chi connectivity index (χ1) is 7.17. The number of hydrogen-bond donors (Lipinski definition) is 2. The van der Waals surface area contributed by atoms with Crippen molar-refractivity contribution in [3.63, 3.8) is 0 Å². The van der Waals surface area contributed by atoms with Gasteiger partial charge in [0.1, 0.15) is 5.60 Å². The Bertz CT molecular complexity index is 289. The minimum absolute atomic E-state index is 0.142. The van der Waals surface area contributed by atoms with E-state index in [1.54, 1.807) is 0 Å². The van der Waals surface area contributed by atoms with Crippen LogP contribution in [-0.4, -0.2) is 45.7 Å². The van der Waals surface area contributed by atoms with Gasteiger partial charge >= 0.3 is 0 Å². The second kappa shape index (κ2) is 4.14. The van der Waals surface area contributed by atoms with Gasteiger partial charge in [0, 0.05) is 12.8 Å². The van der Waals surface area contributed by atoms with Crippen molar-refractivity contribution in [3.05, 3.63) is 0 Å². The minimum Gasteiger partial charge on any atom is -0.393 e. The third-order valence-electron chi connectivity index (χ3n) is 2.70. The molecule has 1 saturated heterocycles. The van der Waals surface area contributed by atoms with Crippen molar-refractivity contribution in [2.75, 3.05) is 13.2 Å². The molecule has 0 aliphatic carbocycles. The number of carbonyl (C=O) groups excluding carboxylic acids is 2. The molecule has 0 bridgehead atoms. The molecule has 2 N–H and O–H groups in total. The summed E-state index contributed by atoms with van der Waals surface area (Å²) in [4.78, 5) is 24.5. The van der Waals surface area contributed by atoms with Crippen molar-refractivity contribution in [2.45, 2.75) is 39.2 Å². The number of imide groups is 1. The first-order valence-electron chi connectivity index (χ1n) is 5.33. The van der Waals surface area contributed by atoms with Crippen LogP contribution in [0, 0.1) is 5.41 Å². The quantitative estimate of drug-likeness (QED) is 0.663. The molecule has 1 aliphatic rings. The molecule has 0 spiro atoms. The van der Waals surface area contributed by atoms with Crippen molar-refractivity contribution in [2.24, 2.45) is 5.41 Å². The standard InChI is InChI=1S/C11H19NO4/c1-10(2)4-8(14)12(9(15)5-10)6-11(3,16)7-13/h13,16H,4-7H2,1-3H3. The van der Waals surface area contributed by atoms with Crippen LogP contribution in [0.2, 0.25) is 0 Å². The van der Waals surface area contributed by atoms with Crippen LogP contribution in [0.1, 0.15) is 33.6 Å². The number of nitrogens with zero attached hydrogens (tertiary/aromatic N) is 1. The molecule has 0 aromatic rings. The topological polar surface area (TPSA) is 77.8 Å². The summed E-state index contributed by atoms with van der Waals surface area (Å²) in [6, 6.07) is 0. The van der Waals surface area contributed by atoms with Crippen molar-refractivity contribution in [1.82, 2.24) is 4.90 Å². The van der Waals surface area contributed by atoms with Crippen LogP contribution in [-0.2, 0) is 9.59 Å². The van der Waals surface area contributed by atoms with Crippen LogP contribution in [0.4, 0.5) is 0 Å². The van der Waals surface area contributed by atoms with Gasteiger partial charge in [-0.15, -0.1) is 0 Å². The monoisotopic (exact) mass is 229 g/mol. The van der Waals surface area contributed by atoms with E-state index in [-0.39, 0.29) is 23.8 Å². The lowest BCUT2D eigenvalue weighted by Gasteiger charge is -2.37. The predicted molar refractivity (Wildman–Crippen MR) is 57.4 cm³/mol. The number of hydrogen-bond acceptors (Lipinski definition) is 4. The zero-order valence-corrected chi connectivity index (χ0v) is 9.99. The van der Waals surface area contributed by atoms with E-state index in [0.717, 1.165) is 4.90 Å². The van der Waals surface area contributed by atoms with Gasteiger partial charge in [0.25, 0.3) is 0 Å². The van der Waals surface area contributed by atoms with Crippen LogP contribution in [0.15, 0.2) is 0 Å². The maximum atomic E-state index is 11.7. The van der Waals surface area contributed by atoms with Crippen molar-refractivity contribution in [3.8, 4) is 0 Å². The zero-order valence-electron chi connectivity index (χ0n) is 9.99. The van der Waals surface area contributed by atoms with Gasteiger partial charge in [0.15, 0.2) is 0 Å². The molecule has 1 fully saturated rings. The van der Waals surface area contributed by atoms with Gasteiger partial charge in [-0.3, -0.25) is 14.5 Å². The molecule has 1 heterocycles. The Morgan fingerprint density at radius 3 is 2.12 bits per heavy atom. The summed E-state index contributed by atoms with van der Waals surface area (Å²) in [5.74, 6) is -0.565. The molecule has 1 aliphatic heterocycles. The average molecular weight is 229 g/mol. The summed E-state index contributed by atoms with van der Waals surface area (Å²) in [7, 11) is 0. The maximum absolute atomic E-state index is 11.7. The molecule has 0 aromatic carbocycles. The van der Waals surface area contributed by atoms with Crippen molar-refractivity contribution < 1.29 is 19.8 Å². The Kier molecular flexibility index (Phi) is 3.40. The number of carbonyl (C=O) groups is 2. The SMILES string of the molecule is CC1(C)CC(=O)N(CC(C)(O)CO)C(=O)C1. The van der Waals surface area contributed by atoms with Crippen LogP contribution in [0.3, 0.4) is 0 Å². The number of piperidine rings is 1. The van der Waals surface area contributed by atoms with E-state index in [4.69, 9.17) is 5.11 Å². The molecular formula is C11H19NO4. The van der Waals surface area contributed by atoms with E-state index in [0.29, 0.717) is 12.8 Å². The number of rotatable bonds is 3. The Balaban J connectivity index is 2.76. The van der Waals surface area contributed by atoms with Crippen LogP contribution in [0.25, 0.3) is 0 Å². The fourth-order valence-electron chi connectivity index (χ4n) is 1.78. The lowest BCUT2D eigenvalue weighted by molar-refractivity contribution is -0.157. The summed E-state index contributed by atoms with van der Waals surface area (Å²) in [5, 5.41) is 18.5. The van der Waals surface area contributed by atoms with E-state index in [2.05, 4.69) is 0 Å². The Hall–Kier alpha value is -0.940. The fourth-order valence-corrected chi connectivity index (χ4v) is 1.78. The summed E-state index contributed by atoms with van der Waals surface area (Å²) in [6.45, 7) is 4.51. The van der Waals surface area contributed by atoms with Gasteiger partial charge in [-0.25, -0.2) is 0 Å². The summed E-state index contributed by atoms with van der Waals surface area (Å²) in [5.41, 5.74) is -1.73. The molecule has 0 radical (unpaired) electrons. The van der Waals surface area contributed by atoms with Gasteiger partial charge < -0.3 is 10.2 Å². The normalized spacial score (nSPS) is 24.4. The highest BCUT2D eigenvalue weighted by Crippen LogP contribution is 2.31. The smallest absolute Gasteiger partial charge is 0.229 e. The third-order valence-corrected chi connectivity index (χ3v) is 2.70. The van der Waals surface area contributed by atoms with Crippen LogP contribution in [0.5, 0.6) is 0 Å². The predicted octanol–water partition coefficient (Wildman–Crippen LogP) is -0.0951. The molecule has 1 rings (SSSR count). The largest absolute Gasteiger partial charge is 0.393 e. The van der Waals surface area contributed by atoms with E-state index < -0.39 is 12.2 Å². The highest BCUT2D eigenvalue weighted by atomic mass is 16.3. The summed E-state index contributed by atoms with van der Waals surface area (Å²) < 4.78 is 0. The van der Waals surface area contributed by atoms with E-state index in [1.807, 2.05) is 13.8 Å². The lowest BCUT2D eigenvalue weighted by Crippen LogP contribution is -2.53. The highest BCUT2D eigenvalue weighted by Gasteiger charge is 2.39. The molecule has 92 valence electrons. The molecule has 16 heavy (non-hydrogen) atoms. The molecule has 0 saturated carbocycles. The van der Waals surface area contributed by atoms with Gasteiger partial charge in [-0.2, -0.15) is 0 Å². The first-order valence-corrected chi connectivity index (χ1v) is 5.33. The fraction of sp³-hybridized carbons (Fsp3) is 0.818. The van der Waals surface area contributed by atoms with Crippen LogP contribution < -0.4 is 0 Å². The summed E-state index contributed by atoms with van der Waals surface area (Å²) in [6.07, 6.45) is 0.584. The molecule has 1 atom stereocenters. The maximum Gasteiger partial charge on any atom is 0.229 e. The minimum atomic E-state index is -1.42. The van der Waals surface area contributed by atoms with E-state index >= 15 is 0 Å². The number of β-amino-alcohol motifs (C(OH)–C–C–N with tert-alkyl or cyclic N) is 1. The number of aliphatic hydroxyl groups is 2. The molecule has 0 aromatic heterocycles. The van der Waals surface area contributed by atoms with Crippen LogP contribution >= 0.6 is 0 Å². The Morgan fingerprint density at radius 1 is 1.31 bits per heavy atom. The number of amides is 2. The first kappa shape index (κ1) is 13.1. The van der Waals surface area contributed by atoms with Gasteiger partial charge in [-0.05, 0) is 12.3 Å². The molecule has 1 unspecified atom stereocenters. The van der Waals surface area contributed by atoms with E-state index in [9.17, 15) is 14.7 Å². The van der Waals surface area contributed by atoms with E-state index in [1.165, 1.54) is 6.92 Å². The molecular weight excluding hydrogens is 210 g/mol. The van der Waals surface area contributed by atoms with Gasteiger partial charge in [0.2, 0.25) is 11.8 Å². The van der Waals surface area contributed by atoms with Gasteiger partial charge in [0.05, 0.1) is 13.2 Å².